The van der Waals surface area contributed by atoms with E-state index in [1.165, 1.54) is 39.0 Å². The van der Waals surface area contributed by atoms with E-state index in [-0.39, 0.29) is 29.2 Å². The van der Waals surface area contributed by atoms with Crippen molar-refractivity contribution in [1.29, 1.82) is 0 Å². The van der Waals surface area contributed by atoms with Gasteiger partial charge in [0.15, 0.2) is 0 Å². The van der Waals surface area contributed by atoms with Crippen LogP contribution in [0.1, 0.15) is 79.1 Å². The first-order valence-electron chi connectivity index (χ1n) is 11.2. The second kappa shape index (κ2) is 5.72. The van der Waals surface area contributed by atoms with Gasteiger partial charge in [0.25, 0.3) is 0 Å². The van der Waals surface area contributed by atoms with Gasteiger partial charge in [-0.1, -0.05) is 13.8 Å². The van der Waals surface area contributed by atoms with E-state index >= 15 is 0 Å². The first-order chi connectivity index (χ1) is 12.7. The van der Waals surface area contributed by atoms with E-state index in [1.54, 1.807) is 0 Å². The summed E-state index contributed by atoms with van der Waals surface area (Å²) in [5.41, 5.74) is 0.486. The molecule has 5 fully saturated rings. The van der Waals surface area contributed by atoms with Crippen molar-refractivity contribution in [2.45, 2.75) is 103 Å². The number of carbonyl (C=O) groups is 1. The summed E-state index contributed by atoms with van der Waals surface area (Å²) in [6, 6.07) is 0. The van der Waals surface area contributed by atoms with Gasteiger partial charge < -0.3 is 14.6 Å². The molecule has 10 atom stereocenters. The van der Waals surface area contributed by atoms with Crippen molar-refractivity contribution >= 4 is 5.97 Å². The maximum Gasteiger partial charge on any atom is 0.302 e. The molecule has 4 heteroatoms. The number of aliphatic hydroxyl groups excluding tert-OH is 1. The van der Waals surface area contributed by atoms with E-state index in [1.807, 2.05) is 6.92 Å². The Hall–Kier alpha value is -0.610. The van der Waals surface area contributed by atoms with Gasteiger partial charge in [-0.2, -0.15) is 0 Å². The fraction of sp³-hybridized carbons (Fsp3) is 0.957. The highest BCUT2D eigenvalue weighted by atomic mass is 16.6. The first kappa shape index (κ1) is 18.4. The molecule has 27 heavy (non-hydrogen) atoms. The molecule has 0 aromatic heterocycles. The van der Waals surface area contributed by atoms with Crippen molar-refractivity contribution in [3.63, 3.8) is 0 Å². The maximum atomic E-state index is 11.5. The zero-order valence-electron chi connectivity index (χ0n) is 17.4. The third-order valence-corrected chi connectivity index (χ3v) is 10.0. The topological polar surface area (TPSA) is 59.1 Å². The zero-order chi connectivity index (χ0) is 19.2. The maximum absolute atomic E-state index is 11.5. The van der Waals surface area contributed by atoms with Crippen LogP contribution in [0.15, 0.2) is 0 Å². The lowest BCUT2D eigenvalue weighted by atomic mass is 9.44. The number of esters is 1. The summed E-state index contributed by atoms with van der Waals surface area (Å²) in [4.78, 5) is 11.5. The zero-order valence-corrected chi connectivity index (χ0v) is 17.4. The first-order valence-corrected chi connectivity index (χ1v) is 11.2. The molecule has 1 heterocycles. The van der Waals surface area contributed by atoms with Gasteiger partial charge in [-0.15, -0.1) is 0 Å². The van der Waals surface area contributed by atoms with E-state index in [0.717, 1.165) is 37.0 Å². The third-order valence-electron chi connectivity index (χ3n) is 10.0. The molecule has 1 N–H and O–H groups in total. The number of ether oxygens (including phenoxy) is 2. The summed E-state index contributed by atoms with van der Waals surface area (Å²) < 4.78 is 12.1. The second-order valence-electron chi connectivity index (χ2n) is 11.0. The highest BCUT2D eigenvalue weighted by molar-refractivity contribution is 5.66. The van der Waals surface area contributed by atoms with Crippen LogP contribution < -0.4 is 0 Å². The average molecular weight is 377 g/mol. The molecule has 0 radical (unpaired) electrons. The van der Waals surface area contributed by atoms with E-state index in [9.17, 15) is 9.90 Å². The standard InChI is InChI=1S/C23H36O4/c1-13(24)17-5-6-18-16-11-20-23(27-20)12-15(26-14(2)25)7-10-22(23,4)19(16)8-9-21(17,18)3/h13,15-20,24H,5-12H2,1-4H3/t13-,15-,16-,17+,18-,19-,20+,21+,22+,23+/m0/s1. The molecule has 5 rings (SSSR count). The monoisotopic (exact) mass is 376 g/mol. The molecule has 1 spiro atoms. The highest BCUT2D eigenvalue weighted by Crippen LogP contribution is 2.74. The summed E-state index contributed by atoms with van der Waals surface area (Å²) in [5.74, 6) is 2.50. The summed E-state index contributed by atoms with van der Waals surface area (Å²) in [6.07, 6.45) is 9.36. The Balaban J connectivity index is 1.41. The van der Waals surface area contributed by atoms with Crippen molar-refractivity contribution in [1.82, 2.24) is 0 Å². The van der Waals surface area contributed by atoms with Gasteiger partial charge in [-0.25, -0.2) is 0 Å². The van der Waals surface area contributed by atoms with Crippen LogP contribution >= 0.6 is 0 Å². The minimum Gasteiger partial charge on any atom is -0.462 e. The van der Waals surface area contributed by atoms with Crippen LogP contribution in [0.5, 0.6) is 0 Å². The Kier molecular flexibility index (Phi) is 3.90. The van der Waals surface area contributed by atoms with Crippen molar-refractivity contribution in [3.05, 3.63) is 0 Å². The van der Waals surface area contributed by atoms with Crippen molar-refractivity contribution < 1.29 is 19.4 Å². The molecule has 4 aliphatic carbocycles. The van der Waals surface area contributed by atoms with Crippen LogP contribution in [-0.2, 0) is 14.3 Å². The highest BCUT2D eigenvalue weighted by Gasteiger charge is 2.76. The Morgan fingerprint density at radius 3 is 2.63 bits per heavy atom. The van der Waals surface area contributed by atoms with Gasteiger partial charge in [0, 0.05) is 18.8 Å². The van der Waals surface area contributed by atoms with Gasteiger partial charge in [-0.3, -0.25) is 4.79 Å². The lowest BCUT2D eigenvalue weighted by Gasteiger charge is -2.59. The number of hydrogen-bond acceptors (Lipinski definition) is 4. The average Bonchev–Trinajstić information content (AvgIpc) is 3.15. The fourth-order valence-electron chi connectivity index (χ4n) is 8.81. The number of aliphatic hydroxyl groups is 1. The Morgan fingerprint density at radius 2 is 1.93 bits per heavy atom. The molecule has 0 amide bonds. The predicted octanol–water partition coefficient (Wildman–Crippen LogP) is 4.09. The van der Waals surface area contributed by atoms with Gasteiger partial charge in [0.05, 0.1) is 12.2 Å². The molecule has 0 aromatic carbocycles. The molecule has 152 valence electrons. The molecular formula is C23H36O4. The summed E-state index contributed by atoms with van der Waals surface area (Å²) >= 11 is 0. The van der Waals surface area contributed by atoms with Crippen LogP contribution in [-0.4, -0.2) is 35.0 Å². The van der Waals surface area contributed by atoms with Crippen molar-refractivity contribution in [2.24, 2.45) is 34.5 Å². The molecule has 1 saturated heterocycles. The SMILES string of the molecule is CC(=O)O[C@H]1CC[C@]2(C)[C@H]3CC[C@]4(C)[C@@H]([C@H](C)O)CC[C@H]4[C@@H]3C[C@H]3O[C@]32C1. The van der Waals surface area contributed by atoms with E-state index in [0.29, 0.717) is 17.4 Å². The minimum atomic E-state index is -0.189. The molecule has 5 aliphatic rings. The van der Waals surface area contributed by atoms with Crippen LogP contribution in [0, 0.1) is 34.5 Å². The Bertz CT molecular complexity index is 646. The molecule has 4 nitrogen and oxygen atoms in total. The normalized spacial score (nSPS) is 56.9. The molecule has 4 saturated carbocycles. The summed E-state index contributed by atoms with van der Waals surface area (Å²) in [7, 11) is 0. The number of fused-ring (bicyclic) bond motifs is 4. The largest absolute Gasteiger partial charge is 0.462 e. The third kappa shape index (κ3) is 2.32. The molecular weight excluding hydrogens is 340 g/mol. The Morgan fingerprint density at radius 1 is 1.15 bits per heavy atom. The lowest BCUT2D eigenvalue weighted by Crippen LogP contribution is -2.59. The molecule has 0 aromatic rings. The molecule has 0 bridgehead atoms. The number of carbonyl (C=O) groups excluding carboxylic acids is 1. The van der Waals surface area contributed by atoms with E-state index in [2.05, 4.69) is 13.8 Å². The number of hydrogen-bond donors (Lipinski definition) is 1. The van der Waals surface area contributed by atoms with Gasteiger partial charge >= 0.3 is 5.97 Å². The summed E-state index contributed by atoms with van der Waals surface area (Å²) in [6.45, 7) is 8.47. The molecule has 1 aliphatic heterocycles. The van der Waals surface area contributed by atoms with Gasteiger partial charge in [0.2, 0.25) is 0 Å². The predicted molar refractivity (Wildman–Crippen MR) is 102 cm³/mol. The van der Waals surface area contributed by atoms with Gasteiger partial charge in [-0.05, 0) is 81.0 Å². The van der Waals surface area contributed by atoms with E-state index < -0.39 is 0 Å². The minimum absolute atomic E-state index is 0.0390. The van der Waals surface area contributed by atoms with Crippen LogP contribution in [0.3, 0.4) is 0 Å². The number of rotatable bonds is 2. The van der Waals surface area contributed by atoms with E-state index in [4.69, 9.17) is 9.47 Å². The second-order valence-corrected chi connectivity index (χ2v) is 11.0. The lowest BCUT2D eigenvalue weighted by molar-refractivity contribution is -0.158. The quantitative estimate of drug-likeness (QED) is 0.582. The fourth-order valence-corrected chi connectivity index (χ4v) is 8.81. The van der Waals surface area contributed by atoms with Crippen LogP contribution in [0.4, 0.5) is 0 Å². The van der Waals surface area contributed by atoms with Gasteiger partial charge in [0.1, 0.15) is 11.7 Å². The van der Waals surface area contributed by atoms with Crippen LogP contribution in [0.2, 0.25) is 0 Å². The van der Waals surface area contributed by atoms with Crippen LogP contribution in [0.25, 0.3) is 0 Å². The summed E-state index contributed by atoms with van der Waals surface area (Å²) in [5, 5.41) is 10.4. The Labute approximate surface area is 163 Å². The van der Waals surface area contributed by atoms with Crippen molar-refractivity contribution in [2.75, 3.05) is 0 Å². The number of epoxide rings is 1. The molecule has 0 unspecified atom stereocenters. The van der Waals surface area contributed by atoms with Crippen molar-refractivity contribution in [3.8, 4) is 0 Å². The smallest absolute Gasteiger partial charge is 0.302 e.